The first-order valence-electron chi connectivity index (χ1n) is 4.06. The molecule has 1 aromatic carbocycles. The number of rotatable bonds is 1. The van der Waals surface area contributed by atoms with Crippen LogP contribution in [0.25, 0.3) is 5.57 Å². The van der Waals surface area contributed by atoms with E-state index < -0.39 is 0 Å². The van der Waals surface area contributed by atoms with E-state index in [0.29, 0.717) is 5.75 Å². The van der Waals surface area contributed by atoms with Crippen molar-refractivity contribution >= 4 is 5.57 Å². The molecule has 2 rings (SSSR count). The third-order valence-corrected chi connectivity index (χ3v) is 2.06. The molecular formula is C10H11NO. The van der Waals surface area contributed by atoms with Gasteiger partial charge in [0.25, 0.3) is 0 Å². The third-order valence-electron chi connectivity index (χ3n) is 2.06. The van der Waals surface area contributed by atoms with Crippen LogP contribution in [0.2, 0.25) is 0 Å². The van der Waals surface area contributed by atoms with Crippen molar-refractivity contribution in [2.45, 2.75) is 0 Å². The van der Waals surface area contributed by atoms with Gasteiger partial charge >= 0.3 is 0 Å². The van der Waals surface area contributed by atoms with Crippen molar-refractivity contribution in [1.82, 2.24) is 5.32 Å². The van der Waals surface area contributed by atoms with Crippen molar-refractivity contribution in [3.63, 3.8) is 0 Å². The van der Waals surface area contributed by atoms with E-state index in [1.165, 1.54) is 5.57 Å². The van der Waals surface area contributed by atoms with E-state index in [2.05, 4.69) is 11.4 Å². The van der Waals surface area contributed by atoms with E-state index in [1.807, 2.05) is 18.2 Å². The molecule has 2 heteroatoms. The van der Waals surface area contributed by atoms with Gasteiger partial charge in [0.2, 0.25) is 0 Å². The van der Waals surface area contributed by atoms with Crippen molar-refractivity contribution in [2.75, 3.05) is 13.1 Å². The van der Waals surface area contributed by atoms with Gasteiger partial charge in [-0.3, -0.25) is 0 Å². The van der Waals surface area contributed by atoms with Gasteiger partial charge in [-0.15, -0.1) is 0 Å². The zero-order valence-corrected chi connectivity index (χ0v) is 6.75. The van der Waals surface area contributed by atoms with E-state index in [0.717, 1.165) is 18.7 Å². The maximum Gasteiger partial charge on any atom is 0.123 e. The zero-order valence-electron chi connectivity index (χ0n) is 6.75. The van der Waals surface area contributed by atoms with Gasteiger partial charge < -0.3 is 10.4 Å². The van der Waals surface area contributed by atoms with Crippen LogP contribution in [0.3, 0.4) is 0 Å². The lowest BCUT2D eigenvalue weighted by atomic mass is 10.1. The van der Waals surface area contributed by atoms with Gasteiger partial charge in [-0.1, -0.05) is 24.3 Å². The molecule has 0 atom stereocenters. The number of nitrogens with one attached hydrogen (secondary N) is 1. The van der Waals surface area contributed by atoms with Gasteiger partial charge in [-0.25, -0.2) is 0 Å². The molecule has 1 heterocycles. The molecule has 0 saturated carbocycles. The van der Waals surface area contributed by atoms with Crippen LogP contribution in [0.1, 0.15) is 5.56 Å². The fourth-order valence-corrected chi connectivity index (χ4v) is 1.42. The van der Waals surface area contributed by atoms with Gasteiger partial charge in [-0.2, -0.15) is 0 Å². The Morgan fingerprint density at radius 3 is 2.75 bits per heavy atom. The SMILES string of the molecule is Oc1ccccc1C1=CCNC1. The molecule has 0 radical (unpaired) electrons. The van der Waals surface area contributed by atoms with Crippen molar-refractivity contribution in [1.29, 1.82) is 0 Å². The first-order chi connectivity index (χ1) is 5.88. The largest absolute Gasteiger partial charge is 0.507 e. The Morgan fingerprint density at radius 2 is 2.08 bits per heavy atom. The minimum absolute atomic E-state index is 0.368. The zero-order chi connectivity index (χ0) is 8.39. The molecular weight excluding hydrogens is 150 g/mol. The number of aromatic hydroxyl groups is 1. The third kappa shape index (κ3) is 1.21. The average Bonchev–Trinajstić information content (AvgIpc) is 2.57. The number of benzene rings is 1. The highest BCUT2D eigenvalue weighted by Crippen LogP contribution is 2.25. The first-order valence-corrected chi connectivity index (χ1v) is 4.06. The molecule has 0 amide bonds. The Balaban J connectivity index is 2.39. The van der Waals surface area contributed by atoms with Crippen LogP contribution >= 0.6 is 0 Å². The standard InChI is InChI=1S/C10H11NO/c12-10-4-2-1-3-9(10)8-5-6-11-7-8/h1-5,11-12H,6-7H2. The lowest BCUT2D eigenvalue weighted by molar-refractivity contribution is 0.473. The summed E-state index contributed by atoms with van der Waals surface area (Å²) in [5, 5.41) is 12.7. The number of phenolic OH excluding ortho intramolecular Hbond substituents is 1. The van der Waals surface area contributed by atoms with Crippen LogP contribution in [0.4, 0.5) is 0 Å². The summed E-state index contributed by atoms with van der Waals surface area (Å²) in [7, 11) is 0. The minimum Gasteiger partial charge on any atom is -0.507 e. The van der Waals surface area contributed by atoms with E-state index in [9.17, 15) is 5.11 Å². The molecule has 62 valence electrons. The van der Waals surface area contributed by atoms with Crippen molar-refractivity contribution in [3.8, 4) is 5.75 Å². The molecule has 0 bridgehead atoms. The van der Waals surface area contributed by atoms with Crippen LogP contribution in [0.15, 0.2) is 30.3 Å². The lowest BCUT2D eigenvalue weighted by Gasteiger charge is -2.03. The summed E-state index contributed by atoms with van der Waals surface area (Å²) in [6, 6.07) is 7.43. The molecule has 2 N–H and O–H groups in total. The van der Waals surface area contributed by atoms with Crippen molar-refractivity contribution < 1.29 is 5.11 Å². The maximum absolute atomic E-state index is 9.50. The molecule has 0 aromatic heterocycles. The molecule has 1 aliphatic rings. The molecule has 0 fully saturated rings. The minimum atomic E-state index is 0.368. The van der Waals surface area contributed by atoms with E-state index in [-0.39, 0.29) is 0 Å². The Morgan fingerprint density at radius 1 is 1.25 bits per heavy atom. The first kappa shape index (κ1) is 7.37. The molecule has 2 nitrogen and oxygen atoms in total. The summed E-state index contributed by atoms with van der Waals surface area (Å²) < 4.78 is 0. The van der Waals surface area contributed by atoms with Crippen LogP contribution in [-0.4, -0.2) is 18.2 Å². The summed E-state index contributed by atoms with van der Waals surface area (Å²) in [6.45, 7) is 1.77. The summed E-state index contributed by atoms with van der Waals surface area (Å²) in [4.78, 5) is 0. The molecule has 1 aromatic rings. The quantitative estimate of drug-likeness (QED) is 0.652. The second-order valence-corrected chi connectivity index (χ2v) is 2.88. The van der Waals surface area contributed by atoms with Crippen LogP contribution in [-0.2, 0) is 0 Å². The van der Waals surface area contributed by atoms with Gasteiger partial charge in [0.1, 0.15) is 5.75 Å². The van der Waals surface area contributed by atoms with Gasteiger partial charge in [-0.05, 0) is 11.6 Å². The molecule has 12 heavy (non-hydrogen) atoms. The van der Waals surface area contributed by atoms with E-state index >= 15 is 0 Å². The highest BCUT2D eigenvalue weighted by molar-refractivity contribution is 5.72. The predicted octanol–water partition coefficient (Wildman–Crippen LogP) is 1.38. The molecule has 0 spiro atoms. The topological polar surface area (TPSA) is 32.3 Å². The Hall–Kier alpha value is -1.28. The molecule has 1 aliphatic heterocycles. The Kier molecular flexibility index (Phi) is 1.84. The van der Waals surface area contributed by atoms with Crippen LogP contribution < -0.4 is 5.32 Å². The molecule has 0 saturated heterocycles. The van der Waals surface area contributed by atoms with Crippen LogP contribution in [0, 0.1) is 0 Å². The fourth-order valence-electron chi connectivity index (χ4n) is 1.42. The lowest BCUT2D eigenvalue weighted by Crippen LogP contribution is -2.07. The molecule has 0 unspecified atom stereocenters. The van der Waals surface area contributed by atoms with E-state index in [1.54, 1.807) is 6.07 Å². The van der Waals surface area contributed by atoms with Crippen molar-refractivity contribution in [3.05, 3.63) is 35.9 Å². The van der Waals surface area contributed by atoms with Gasteiger partial charge in [0.05, 0.1) is 0 Å². The monoisotopic (exact) mass is 161 g/mol. The summed E-state index contributed by atoms with van der Waals surface area (Å²) in [6.07, 6.45) is 2.11. The fraction of sp³-hybridized carbons (Fsp3) is 0.200. The van der Waals surface area contributed by atoms with Crippen molar-refractivity contribution in [2.24, 2.45) is 0 Å². The Bertz CT molecular complexity index is 317. The number of para-hydroxylation sites is 1. The smallest absolute Gasteiger partial charge is 0.123 e. The summed E-state index contributed by atoms with van der Waals surface area (Å²) in [5.74, 6) is 0.368. The summed E-state index contributed by atoms with van der Waals surface area (Å²) in [5.41, 5.74) is 2.13. The number of hydrogen-bond acceptors (Lipinski definition) is 2. The molecule has 0 aliphatic carbocycles. The average molecular weight is 161 g/mol. The Labute approximate surface area is 71.5 Å². The van der Waals surface area contributed by atoms with Gasteiger partial charge in [0.15, 0.2) is 0 Å². The predicted molar refractivity (Wildman–Crippen MR) is 49.0 cm³/mol. The maximum atomic E-state index is 9.50. The normalized spacial score (nSPS) is 16.2. The number of hydrogen-bond donors (Lipinski definition) is 2. The highest BCUT2D eigenvalue weighted by Gasteiger charge is 2.08. The second kappa shape index (κ2) is 2.99. The van der Waals surface area contributed by atoms with Crippen LogP contribution in [0.5, 0.6) is 5.75 Å². The van der Waals surface area contributed by atoms with E-state index in [4.69, 9.17) is 0 Å². The summed E-state index contributed by atoms with van der Waals surface area (Å²) >= 11 is 0. The number of phenols is 1. The van der Waals surface area contributed by atoms with Gasteiger partial charge in [0, 0.05) is 18.7 Å². The second-order valence-electron chi connectivity index (χ2n) is 2.88. The highest BCUT2D eigenvalue weighted by atomic mass is 16.3.